The van der Waals surface area contributed by atoms with Crippen molar-refractivity contribution in [3.63, 3.8) is 0 Å². The summed E-state index contributed by atoms with van der Waals surface area (Å²) in [4.78, 5) is 28.4. The molecule has 0 radical (unpaired) electrons. The highest BCUT2D eigenvalue weighted by molar-refractivity contribution is 7.84. The molecule has 1 aliphatic heterocycles. The number of carbonyl (C=O) groups is 1. The molecule has 198 valence electrons. The molecule has 1 aliphatic carbocycles. The first-order valence-electron chi connectivity index (χ1n) is 12.1. The maximum Gasteiger partial charge on any atom is 0.333 e. The number of imidazole rings is 1. The standard InChI is InChI=1S/C24H30N6O5S2/c1-13-14(2)30-6-7-34-22(24(30)28-13)18-9-20(36-15(18)3)21(31)19-10-26-12-27-23(19)29-17-5-4-16(8-17)11-35-37(25,32)33/h9-10,12,16-17,22H,4-8,11H2,1-3H3,(H2,25,32,33)(H,26,27,29)/t16?,17-,22?/m0/s1. The van der Waals surface area contributed by atoms with Crippen LogP contribution in [-0.4, -0.2) is 53.0 Å². The molecule has 0 bridgehead atoms. The minimum Gasteiger partial charge on any atom is -0.367 e. The summed E-state index contributed by atoms with van der Waals surface area (Å²) >= 11 is 1.42. The maximum absolute atomic E-state index is 13.6. The van der Waals surface area contributed by atoms with Crippen LogP contribution in [0.3, 0.4) is 0 Å². The zero-order valence-corrected chi connectivity index (χ0v) is 22.6. The van der Waals surface area contributed by atoms with Crippen LogP contribution in [0.4, 0.5) is 5.82 Å². The van der Waals surface area contributed by atoms with Gasteiger partial charge in [-0.05, 0) is 52.0 Å². The van der Waals surface area contributed by atoms with Gasteiger partial charge in [-0.15, -0.1) is 11.3 Å². The van der Waals surface area contributed by atoms with Gasteiger partial charge in [0.25, 0.3) is 0 Å². The molecule has 5 rings (SSSR count). The second-order valence-corrected chi connectivity index (χ2v) is 12.1. The molecule has 2 unspecified atom stereocenters. The van der Waals surface area contributed by atoms with Gasteiger partial charge in [0.15, 0.2) is 0 Å². The van der Waals surface area contributed by atoms with Crippen LogP contribution < -0.4 is 10.5 Å². The maximum atomic E-state index is 13.6. The van der Waals surface area contributed by atoms with Crippen LogP contribution >= 0.6 is 11.3 Å². The molecule has 13 heteroatoms. The molecule has 2 aliphatic rings. The molecule has 4 heterocycles. The van der Waals surface area contributed by atoms with E-state index in [-0.39, 0.29) is 30.5 Å². The van der Waals surface area contributed by atoms with E-state index in [1.54, 1.807) is 0 Å². The SMILES string of the molecule is Cc1nc2n(c1C)CCOC2c1cc(C(=O)c2cncnc2N[C@H]2CCC(COS(N)(=O)=O)C2)sc1C. The molecule has 3 aromatic rings. The molecule has 0 aromatic carbocycles. The lowest BCUT2D eigenvalue weighted by molar-refractivity contribution is 0.0423. The Balaban J connectivity index is 1.34. The normalized spacial score (nSPS) is 21.7. The number of nitrogens with zero attached hydrogens (tertiary/aromatic N) is 4. The molecule has 1 fully saturated rings. The van der Waals surface area contributed by atoms with Gasteiger partial charge in [-0.1, -0.05) is 0 Å². The number of nitrogens with one attached hydrogen (secondary N) is 1. The zero-order valence-electron chi connectivity index (χ0n) is 20.9. The first kappa shape index (κ1) is 25.9. The van der Waals surface area contributed by atoms with E-state index in [1.807, 2.05) is 19.9 Å². The number of thiophene rings is 1. The van der Waals surface area contributed by atoms with Gasteiger partial charge < -0.3 is 14.6 Å². The fourth-order valence-electron chi connectivity index (χ4n) is 5.08. The third-order valence-electron chi connectivity index (χ3n) is 7.09. The first-order chi connectivity index (χ1) is 17.6. The summed E-state index contributed by atoms with van der Waals surface area (Å²) in [7, 11) is -3.96. The van der Waals surface area contributed by atoms with Gasteiger partial charge in [-0.3, -0.25) is 8.98 Å². The number of aromatic nitrogens is 4. The van der Waals surface area contributed by atoms with Gasteiger partial charge in [0.05, 0.1) is 29.3 Å². The molecule has 11 nitrogen and oxygen atoms in total. The Morgan fingerprint density at radius 1 is 1.32 bits per heavy atom. The number of hydrogen-bond donors (Lipinski definition) is 2. The van der Waals surface area contributed by atoms with E-state index in [0.29, 0.717) is 29.3 Å². The Morgan fingerprint density at radius 2 is 2.14 bits per heavy atom. The average molecular weight is 547 g/mol. The Bertz CT molecular complexity index is 1430. The Labute approximate surface area is 219 Å². The summed E-state index contributed by atoms with van der Waals surface area (Å²) in [5.41, 5.74) is 3.45. The molecule has 0 amide bonds. The van der Waals surface area contributed by atoms with E-state index in [1.165, 1.54) is 23.9 Å². The highest BCUT2D eigenvalue weighted by Crippen LogP contribution is 2.37. The largest absolute Gasteiger partial charge is 0.367 e. The monoisotopic (exact) mass is 546 g/mol. The Hall–Kier alpha value is -2.71. The highest BCUT2D eigenvalue weighted by Gasteiger charge is 2.31. The second kappa shape index (κ2) is 10.2. The molecule has 1 saturated carbocycles. The van der Waals surface area contributed by atoms with Gasteiger partial charge in [0, 0.05) is 34.9 Å². The van der Waals surface area contributed by atoms with Crippen LogP contribution in [-0.2, 0) is 25.8 Å². The number of aryl methyl sites for hydroxylation is 2. The summed E-state index contributed by atoms with van der Waals surface area (Å²) in [6.45, 7) is 7.44. The first-order valence-corrected chi connectivity index (χ1v) is 14.4. The molecule has 3 atom stereocenters. The number of carbonyl (C=O) groups excluding carboxylic acids is 1. The number of hydrogen-bond acceptors (Lipinski definition) is 10. The molecule has 0 spiro atoms. The Morgan fingerprint density at radius 3 is 2.92 bits per heavy atom. The van der Waals surface area contributed by atoms with Crippen LogP contribution in [0.2, 0.25) is 0 Å². The lowest BCUT2D eigenvalue weighted by Crippen LogP contribution is -2.23. The van der Waals surface area contributed by atoms with Crippen molar-refractivity contribution in [3.8, 4) is 0 Å². The van der Waals surface area contributed by atoms with Gasteiger partial charge in [0.1, 0.15) is 24.1 Å². The number of fused-ring (bicyclic) bond motifs is 1. The van der Waals surface area contributed by atoms with Gasteiger partial charge in [0.2, 0.25) is 5.78 Å². The van der Waals surface area contributed by atoms with Gasteiger partial charge in [-0.25, -0.2) is 20.1 Å². The fourth-order valence-corrected chi connectivity index (χ4v) is 6.47. The molecule has 3 aromatic heterocycles. The molecule has 3 N–H and O–H groups in total. The lowest BCUT2D eigenvalue weighted by atomic mass is 10.1. The predicted octanol–water partition coefficient (Wildman–Crippen LogP) is 2.81. The molecule has 37 heavy (non-hydrogen) atoms. The van der Waals surface area contributed by atoms with E-state index in [2.05, 4.69) is 26.8 Å². The van der Waals surface area contributed by atoms with Crippen LogP contribution in [0.1, 0.15) is 68.3 Å². The minimum atomic E-state index is -3.96. The third kappa shape index (κ3) is 5.46. The third-order valence-corrected chi connectivity index (χ3v) is 8.62. The van der Waals surface area contributed by atoms with Crippen molar-refractivity contribution >= 4 is 33.2 Å². The summed E-state index contributed by atoms with van der Waals surface area (Å²) < 4.78 is 35.3. The average Bonchev–Trinajstić information content (AvgIpc) is 3.55. The van der Waals surface area contributed by atoms with Crippen LogP contribution in [0, 0.1) is 26.7 Å². The van der Waals surface area contributed by atoms with E-state index < -0.39 is 10.3 Å². The van der Waals surface area contributed by atoms with Crippen LogP contribution in [0.25, 0.3) is 0 Å². The number of rotatable bonds is 8. The second-order valence-electron chi connectivity index (χ2n) is 9.58. The van der Waals surface area contributed by atoms with Crippen molar-refractivity contribution in [1.29, 1.82) is 0 Å². The van der Waals surface area contributed by atoms with Crippen LogP contribution in [0.5, 0.6) is 0 Å². The van der Waals surface area contributed by atoms with Crippen molar-refractivity contribution in [1.82, 2.24) is 19.5 Å². The number of ether oxygens (including phenoxy) is 1. The van der Waals surface area contributed by atoms with E-state index in [9.17, 15) is 13.2 Å². The smallest absolute Gasteiger partial charge is 0.333 e. The highest BCUT2D eigenvalue weighted by atomic mass is 32.2. The molecular formula is C24H30N6O5S2. The predicted molar refractivity (Wildman–Crippen MR) is 138 cm³/mol. The lowest BCUT2D eigenvalue weighted by Gasteiger charge is -2.25. The number of nitrogens with two attached hydrogens (primary N) is 1. The van der Waals surface area contributed by atoms with E-state index in [0.717, 1.165) is 47.0 Å². The summed E-state index contributed by atoms with van der Waals surface area (Å²) in [6.07, 6.45) is 4.87. The fraction of sp³-hybridized carbons (Fsp3) is 0.500. The number of ketones is 1. The van der Waals surface area contributed by atoms with Gasteiger partial charge >= 0.3 is 10.3 Å². The van der Waals surface area contributed by atoms with Crippen molar-refractivity contribution in [2.45, 2.75) is 58.7 Å². The minimum absolute atomic E-state index is 0.0251. The van der Waals surface area contributed by atoms with E-state index in [4.69, 9.17) is 19.0 Å². The summed E-state index contributed by atoms with van der Waals surface area (Å²) in [5, 5.41) is 8.29. The van der Waals surface area contributed by atoms with Crippen molar-refractivity contribution < 1.29 is 22.1 Å². The Kier molecular flexibility index (Phi) is 7.16. The van der Waals surface area contributed by atoms with Crippen LogP contribution in [0.15, 0.2) is 18.6 Å². The molecular weight excluding hydrogens is 516 g/mol. The van der Waals surface area contributed by atoms with Crippen molar-refractivity contribution in [3.05, 3.63) is 56.7 Å². The quantitative estimate of drug-likeness (QED) is 0.406. The van der Waals surface area contributed by atoms with Crippen molar-refractivity contribution in [2.24, 2.45) is 11.1 Å². The topological polar surface area (TPSA) is 151 Å². The number of anilines is 1. The molecule has 0 saturated heterocycles. The zero-order chi connectivity index (χ0) is 26.3. The summed E-state index contributed by atoms with van der Waals surface area (Å²) in [6, 6.07) is 1.92. The van der Waals surface area contributed by atoms with Gasteiger partial charge in [-0.2, -0.15) is 8.42 Å². The summed E-state index contributed by atoms with van der Waals surface area (Å²) in [5.74, 6) is 1.21. The van der Waals surface area contributed by atoms with Crippen molar-refractivity contribution in [2.75, 3.05) is 18.5 Å². The van der Waals surface area contributed by atoms with E-state index >= 15 is 0 Å².